The van der Waals surface area contributed by atoms with Crippen molar-refractivity contribution in [3.8, 4) is 11.4 Å². The van der Waals surface area contributed by atoms with Gasteiger partial charge < -0.3 is 10.3 Å². The second kappa shape index (κ2) is 7.39. The number of hydrogen-bond donors (Lipinski definition) is 2. The molecule has 0 spiro atoms. The van der Waals surface area contributed by atoms with Gasteiger partial charge in [-0.05, 0) is 31.5 Å². The first-order valence-corrected chi connectivity index (χ1v) is 7.92. The van der Waals surface area contributed by atoms with Crippen LogP contribution in [0.4, 0.5) is 9.18 Å². The molecule has 1 aliphatic rings. The summed E-state index contributed by atoms with van der Waals surface area (Å²) in [5.41, 5.74) is 5.48. The first kappa shape index (κ1) is 17.0. The summed E-state index contributed by atoms with van der Waals surface area (Å²) in [6.45, 7) is 1.36. The number of imide groups is 1. The third-order valence-electron chi connectivity index (χ3n) is 4.01. The Balaban J connectivity index is 1.66. The molecule has 0 saturated carbocycles. The number of hydrogen-bond acceptors (Lipinski definition) is 6. The minimum atomic E-state index is -0.866. The van der Waals surface area contributed by atoms with Crippen LogP contribution < -0.4 is 11.1 Å². The maximum absolute atomic E-state index is 13.3. The number of likely N-dealkylation sites (tertiary alicyclic amines) is 1. The minimum Gasteiger partial charge on any atom is -0.351 e. The standard InChI is InChI=1S/C16H18FN5O3/c17-12-5-1-3-10(7-12)14-20-15(25-21-14)11-4-2-6-22(8-11)9-13(23)19-16(18)24/h1,3,5,7,11H,2,4,6,8-9H2,(H3,18,19,23,24)/t11-/m0/s1. The summed E-state index contributed by atoms with van der Waals surface area (Å²) in [6, 6.07) is 5.12. The number of nitrogens with zero attached hydrogens (tertiary/aromatic N) is 3. The van der Waals surface area contributed by atoms with Gasteiger partial charge in [0.2, 0.25) is 17.6 Å². The minimum absolute atomic E-state index is 0.0232. The fraction of sp³-hybridized carbons (Fsp3) is 0.375. The van der Waals surface area contributed by atoms with Gasteiger partial charge in [-0.15, -0.1) is 0 Å². The smallest absolute Gasteiger partial charge is 0.318 e. The predicted octanol–water partition coefficient (Wildman–Crippen LogP) is 1.25. The zero-order chi connectivity index (χ0) is 17.8. The third kappa shape index (κ3) is 4.38. The first-order chi connectivity index (χ1) is 12.0. The number of primary amides is 1. The van der Waals surface area contributed by atoms with Gasteiger partial charge in [0, 0.05) is 12.1 Å². The Bertz CT molecular complexity index is 779. The molecule has 1 fully saturated rings. The highest BCUT2D eigenvalue weighted by molar-refractivity contribution is 5.94. The van der Waals surface area contributed by atoms with E-state index in [4.69, 9.17) is 10.3 Å². The quantitative estimate of drug-likeness (QED) is 0.860. The lowest BCUT2D eigenvalue weighted by atomic mass is 9.98. The normalized spacial score (nSPS) is 18.0. The molecule has 1 aliphatic heterocycles. The molecule has 1 saturated heterocycles. The summed E-state index contributed by atoms with van der Waals surface area (Å²) in [5.74, 6) is -0.0467. The van der Waals surface area contributed by atoms with E-state index < -0.39 is 11.9 Å². The lowest BCUT2D eigenvalue weighted by molar-refractivity contribution is -0.121. The Kier molecular flexibility index (Phi) is 5.03. The van der Waals surface area contributed by atoms with E-state index in [0.717, 1.165) is 19.4 Å². The lowest BCUT2D eigenvalue weighted by Gasteiger charge is -2.30. The Hall–Kier alpha value is -2.81. The molecule has 1 aromatic heterocycles. The fourth-order valence-electron chi connectivity index (χ4n) is 2.93. The molecule has 132 valence electrons. The number of rotatable bonds is 4. The number of nitrogens with two attached hydrogens (primary N) is 1. The molecule has 2 heterocycles. The Morgan fingerprint density at radius 1 is 1.44 bits per heavy atom. The Morgan fingerprint density at radius 3 is 3.04 bits per heavy atom. The van der Waals surface area contributed by atoms with Crippen LogP contribution in [0.2, 0.25) is 0 Å². The molecule has 0 bridgehead atoms. The number of halogens is 1. The zero-order valence-corrected chi connectivity index (χ0v) is 13.4. The molecule has 9 heteroatoms. The molecule has 3 rings (SSSR count). The average molecular weight is 347 g/mol. The summed E-state index contributed by atoms with van der Waals surface area (Å²) < 4.78 is 18.6. The van der Waals surface area contributed by atoms with E-state index in [1.54, 1.807) is 12.1 Å². The molecule has 0 aliphatic carbocycles. The van der Waals surface area contributed by atoms with E-state index >= 15 is 0 Å². The summed E-state index contributed by atoms with van der Waals surface area (Å²) in [5, 5.41) is 5.96. The van der Waals surface area contributed by atoms with Crippen molar-refractivity contribution in [2.45, 2.75) is 18.8 Å². The van der Waals surface area contributed by atoms with Gasteiger partial charge >= 0.3 is 6.03 Å². The van der Waals surface area contributed by atoms with E-state index in [2.05, 4.69) is 10.1 Å². The second-order valence-corrected chi connectivity index (χ2v) is 5.95. The fourth-order valence-corrected chi connectivity index (χ4v) is 2.93. The maximum atomic E-state index is 13.3. The molecule has 1 aromatic carbocycles. The van der Waals surface area contributed by atoms with E-state index in [9.17, 15) is 14.0 Å². The van der Waals surface area contributed by atoms with Crippen LogP contribution in [0.1, 0.15) is 24.7 Å². The van der Waals surface area contributed by atoms with Gasteiger partial charge in [-0.1, -0.05) is 17.3 Å². The van der Waals surface area contributed by atoms with E-state index in [1.165, 1.54) is 12.1 Å². The van der Waals surface area contributed by atoms with E-state index in [0.29, 0.717) is 23.8 Å². The predicted molar refractivity (Wildman–Crippen MR) is 85.8 cm³/mol. The number of aromatic nitrogens is 2. The van der Waals surface area contributed by atoms with Crippen molar-refractivity contribution >= 4 is 11.9 Å². The average Bonchev–Trinajstić information content (AvgIpc) is 3.04. The number of nitrogens with one attached hydrogen (secondary N) is 1. The molecule has 1 atom stereocenters. The zero-order valence-electron chi connectivity index (χ0n) is 13.4. The maximum Gasteiger partial charge on any atom is 0.318 e. The van der Waals surface area contributed by atoms with E-state index in [1.807, 2.05) is 10.2 Å². The van der Waals surface area contributed by atoms with Crippen molar-refractivity contribution in [1.82, 2.24) is 20.4 Å². The van der Waals surface area contributed by atoms with Crippen LogP contribution in [0.25, 0.3) is 11.4 Å². The molecule has 0 unspecified atom stereocenters. The monoisotopic (exact) mass is 347 g/mol. The van der Waals surface area contributed by atoms with E-state index in [-0.39, 0.29) is 18.3 Å². The van der Waals surface area contributed by atoms with Crippen molar-refractivity contribution in [1.29, 1.82) is 0 Å². The molecule has 3 N–H and O–H groups in total. The highest BCUT2D eigenvalue weighted by atomic mass is 19.1. The van der Waals surface area contributed by atoms with Crippen LogP contribution in [0, 0.1) is 5.82 Å². The van der Waals surface area contributed by atoms with Crippen LogP contribution >= 0.6 is 0 Å². The van der Waals surface area contributed by atoms with Crippen LogP contribution in [0.5, 0.6) is 0 Å². The summed E-state index contributed by atoms with van der Waals surface area (Å²) in [6.07, 6.45) is 1.70. The largest absolute Gasteiger partial charge is 0.351 e. The van der Waals surface area contributed by atoms with Crippen molar-refractivity contribution in [2.75, 3.05) is 19.6 Å². The third-order valence-corrected chi connectivity index (χ3v) is 4.01. The van der Waals surface area contributed by atoms with Gasteiger partial charge in [0.05, 0.1) is 12.5 Å². The molecular weight excluding hydrogens is 329 g/mol. The van der Waals surface area contributed by atoms with Crippen LogP contribution in [-0.2, 0) is 4.79 Å². The van der Waals surface area contributed by atoms with Crippen molar-refractivity contribution in [2.24, 2.45) is 5.73 Å². The lowest BCUT2D eigenvalue weighted by Crippen LogP contribution is -2.45. The van der Waals surface area contributed by atoms with Crippen molar-refractivity contribution in [3.05, 3.63) is 36.0 Å². The molecule has 8 nitrogen and oxygen atoms in total. The molecule has 25 heavy (non-hydrogen) atoms. The number of urea groups is 1. The van der Waals surface area contributed by atoms with Crippen LogP contribution in [0.3, 0.4) is 0 Å². The Morgan fingerprint density at radius 2 is 2.28 bits per heavy atom. The van der Waals surface area contributed by atoms with Gasteiger partial charge in [-0.25, -0.2) is 9.18 Å². The highest BCUT2D eigenvalue weighted by Gasteiger charge is 2.27. The topological polar surface area (TPSA) is 114 Å². The number of benzene rings is 1. The first-order valence-electron chi connectivity index (χ1n) is 7.92. The van der Waals surface area contributed by atoms with Crippen LogP contribution in [-0.4, -0.2) is 46.6 Å². The Labute approximate surface area is 143 Å². The number of amides is 3. The molecule has 3 amide bonds. The summed E-state index contributed by atoms with van der Waals surface area (Å²) in [4.78, 5) is 28.6. The number of piperidine rings is 1. The summed E-state index contributed by atoms with van der Waals surface area (Å²) >= 11 is 0. The SMILES string of the molecule is NC(=O)NC(=O)CN1CCC[C@H](c2nc(-c3cccc(F)c3)no2)C1. The van der Waals surface area contributed by atoms with Gasteiger partial charge in [-0.2, -0.15) is 4.98 Å². The highest BCUT2D eigenvalue weighted by Crippen LogP contribution is 2.27. The molecule has 2 aromatic rings. The second-order valence-electron chi connectivity index (χ2n) is 5.95. The van der Waals surface area contributed by atoms with Gasteiger partial charge in [-0.3, -0.25) is 15.0 Å². The number of carbonyl (C=O) groups excluding carboxylic acids is 2. The van der Waals surface area contributed by atoms with Gasteiger partial charge in [0.15, 0.2) is 0 Å². The molecular formula is C16H18FN5O3. The van der Waals surface area contributed by atoms with Gasteiger partial charge in [0.1, 0.15) is 5.82 Å². The summed E-state index contributed by atoms with van der Waals surface area (Å²) in [7, 11) is 0. The molecule has 0 radical (unpaired) electrons. The number of carbonyl (C=O) groups is 2. The van der Waals surface area contributed by atoms with Gasteiger partial charge in [0.25, 0.3) is 0 Å². The van der Waals surface area contributed by atoms with Crippen LogP contribution in [0.15, 0.2) is 28.8 Å². The van der Waals surface area contributed by atoms with Crippen molar-refractivity contribution in [3.63, 3.8) is 0 Å². The van der Waals surface area contributed by atoms with Crippen molar-refractivity contribution < 1.29 is 18.5 Å².